The van der Waals surface area contributed by atoms with Gasteiger partial charge in [0.15, 0.2) is 5.65 Å². The number of pyridine rings is 2. The molecule has 4 bridgehead atoms. The molecule has 3 aromatic rings. The number of hydrogen-bond acceptors (Lipinski definition) is 9. The van der Waals surface area contributed by atoms with Gasteiger partial charge in [-0.15, -0.1) is 0 Å². The van der Waals surface area contributed by atoms with Crippen LogP contribution in [0.1, 0.15) is 31.4 Å². The molecule has 3 aromatic heterocycles. The van der Waals surface area contributed by atoms with E-state index in [4.69, 9.17) is 24.2 Å². The first-order valence-electron chi connectivity index (χ1n) is 11.7. The first kappa shape index (κ1) is 21.1. The molecular formula is C23H27N7O4. The maximum atomic E-state index is 13.0. The van der Waals surface area contributed by atoms with Crippen LogP contribution >= 0.6 is 0 Å². The average Bonchev–Trinajstić information content (AvgIpc) is 3.25. The second-order valence-electron chi connectivity index (χ2n) is 8.81. The molecule has 0 unspecified atom stereocenters. The highest BCUT2D eigenvalue weighted by molar-refractivity contribution is 5.94. The zero-order chi connectivity index (χ0) is 23.1. The van der Waals surface area contributed by atoms with Crippen molar-refractivity contribution in [2.75, 3.05) is 30.9 Å². The number of aromatic nitrogens is 4. The van der Waals surface area contributed by atoms with Crippen molar-refractivity contribution in [3.05, 3.63) is 30.2 Å². The van der Waals surface area contributed by atoms with Gasteiger partial charge >= 0.3 is 6.03 Å². The molecule has 1 saturated heterocycles. The minimum absolute atomic E-state index is 0.0703. The van der Waals surface area contributed by atoms with Gasteiger partial charge in [0.05, 0.1) is 43.3 Å². The molecule has 11 nitrogen and oxygen atoms in total. The molecule has 2 atom stereocenters. The topological polar surface area (TPSA) is 124 Å². The highest BCUT2D eigenvalue weighted by Gasteiger charge is 2.34. The molecule has 6 rings (SSSR count). The third-order valence-corrected chi connectivity index (χ3v) is 6.54. The molecule has 0 radical (unpaired) electrons. The van der Waals surface area contributed by atoms with Gasteiger partial charge in [0.2, 0.25) is 5.88 Å². The van der Waals surface area contributed by atoms with Gasteiger partial charge < -0.3 is 30.2 Å². The van der Waals surface area contributed by atoms with Crippen molar-refractivity contribution in [1.82, 2.24) is 24.8 Å². The zero-order valence-electron chi connectivity index (χ0n) is 18.9. The summed E-state index contributed by atoms with van der Waals surface area (Å²) in [6.45, 7) is 1.71. The van der Waals surface area contributed by atoms with Crippen LogP contribution in [0.5, 0.6) is 5.88 Å². The van der Waals surface area contributed by atoms with E-state index in [1.54, 1.807) is 0 Å². The number of rotatable bonds is 3. The first-order valence-corrected chi connectivity index (χ1v) is 11.7. The number of nitrogens with one attached hydrogen (secondary N) is 3. The fraction of sp³-hybridized carbons (Fsp3) is 0.478. The summed E-state index contributed by atoms with van der Waals surface area (Å²) in [4.78, 5) is 26.8. The molecule has 2 aliphatic heterocycles. The Labute approximate surface area is 196 Å². The lowest BCUT2D eigenvalue weighted by Crippen LogP contribution is -2.52. The number of carbonyl (C=O) groups excluding carboxylic acids is 1. The van der Waals surface area contributed by atoms with E-state index >= 15 is 0 Å². The van der Waals surface area contributed by atoms with Crippen molar-refractivity contribution in [2.24, 2.45) is 0 Å². The third kappa shape index (κ3) is 4.01. The van der Waals surface area contributed by atoms with Crippen LogP contribution in [-0.4, -0.2) is 64.1 Å². The van der Waals surface area contributed by atoms with E-state index in [-0.39, 0.29) is 24.3 Å². The quantitative estimate of drug-likeness (QED) is 0.535. The predicted octanol–water partition coefficient (Wildman–Crippen LogP) is 2.79. The lowest BCUT2D eigenvalue weighted by atomic mass is 9.89. The Kier molecular flexibility index (Phi) is 5.42. The molecular weight excluding hydrogens is 438 g/mol. The summed E-state index contributed by atoms with van der Waals surface area (Å²) in [6.07, 6.45) is 4.91. The number of carbonyl (C=O) groups is 1. The van der Waals surface area contributed by atoms with Crippen LogP contribution in [0, 0.1) is 0 Å². The first-order chi connectivity index (χ1) is 16.7. The summed E-state index contributed by atoms with van der Waals surface area (Å²) < 4.78 is 19.2. The van der Waals surface area contributed by atoms with E-state index in [0.717, 1.165) is 42.8 Å². The van der Waals surface area contributed by atoms with E-state index in [1.807, 2.05) is 25.2 Å². The Morgan fingerprint density at radius 1 is 1.15 bits per heavy atom. The number of nitrogens with zero attached hydrogens (tertiary/aromatic N) is 4. The minimum Gasteiger partial charge on any atom is -0.474 e. The largest absolute Gasteiger partial charge is 0.474 e. The van der Waals surface area contributed by atoms with Crippen molar-refractivity contribution in [3.8, 4) is 5.88 Å². The van der Waals surface area contributed by atoms with E-state index in [2.05, 4.69) is 20.9 Å². The Hall–Kier alpha value is -3.44. The molecule has 1 saturated carbocycles. The summed E-state index contributed by atoms with van der Waals surface area (Å²) >= 11 is 0. The Morgan fingerprint density at radius 2 is 2.03 bits per heavy atom. The maximum absolute atomic E-state index is 13.0. The fourth-order valence-corrected chi connectivity index (χ4v) is 4.53. The Balaban J connectivity index is 1.40. The summed E-state index contributed by atoms with van der Waals surface area (Å²) in [6, 6.07) is 5.33. The lowest BCUT2D eigenvalue weighted by molar-refractivity contribution is -0.0338. The van der Waals surface area contributed by atoms with Crippen molar-refractivity contribution < 1.29 is 19.0 Å². The minimum atomic E-state index is -0.270. The van der Waals surface area contributed by atoms with Gasteiger partial charge in [0, 0.05) is 37.7 Å². The summed E-state index contributed by atoms with van der Waals surface area (Å²) in [5.74, 6) is 1.11. The predicted molar refractivity (Wildman–Crippen MR) is 125 cm³/mol. The normalized spacial score (nSPS) is 22.8. The molecule has 1 aliphatic carbocycles. The average molecular weight is 466 g/mol. The highest BCUT2D eigenvalue weighted by atomic mass is 16.5. The monoisotopic (exact) mass is 465 g/mol. The van der Waals surface area contributed by atoms with E-state index in [0.29, 0.717) is 42.7 Å². The van der Waals surface area contributed by atoms with Crippen LogP contribution in [-0.2, 0) is 16.1 Å². The van der Waals surface area contributed by atoms with Gasteiger partial charge in [0.25, 0.3) is 0 Å². The van der Waals surface area contributed by atoms with Crippen LogP contribution in [0.3, 0.4) is 0 Å². The molecule has 3 N–H and O–H groups in total. The van der Waals surface area contributed by atoms with Crippen LogP contribution < -0.4 is 20.7 Å². The number of amides is 1. The molecule has 0 aromatic carbocycles. The lowest BCUT2D eigenvalue weighted by Gasteiger charge is -2.36. The van der Waals surface area contributed by atoms with E-state index in [1.165, 1.54) is 10.9 Å². The standard InChI is InChI=1S/C23H27N7O4/c1-24-17-10-19-26-13-8-14(27-20(9-13)34-15-4-6-32-7-5-15)11-33-18-3-2-16(18)28-23(31)30-12-25-21(17)22(30)29-19/h8-10,12,15-16,18H,2-7,11H2,1H3,(H,28,31)(H2,24,26,29)/t16-,18-/m1/s1. The van der Waals surface area contributed by atoms with Crippen LogP contribution in [0.15, 0.2) is 24.5 Å². The number of hydrogen-bond donors (Lipinski definition) is 3. The number of anilines is 3. The molecule has 5 heterocycles. The molecule has 1 amide bonds. The fourth-order valence-electron chi connectivity index (χ4n) is 4.53. The third-order valence-electron chi connectivity index (χ3n) is 6.54. The molecule has 2 fully saturated rings. The van der Waals surface area contributed by atoms with Gasteiger partial charge in [-0.25, -0.2) is 24.3 Å². The number of ether oxygens (including phenoxy) is 3. The molecule has 178 valence electrons. The Morgan fingerprint density at radius 3 is 2.82 bits per heavy atom. The second-order valence-corrected chi connectivity index (χ2v) is 8.81. The van der Waals surface area contributed by atoms with Crippen molar-refractivity contribution in [3.63, 3.8) is 0 Å². The van der Waals surface area contributed by atoms with E-state index < -0.39 is 0 Å². The van der Waals surface area contributed by atoms with Gasteiger partial charge in [-0.3, -0.25) is 0 Å². The van der Waals surface area contributed by atoms with Gasteiger partial charge in [-0.2, -0.15) is 0 Å². The van der Waals surface area contributed by atoms with Crippen molar-refractivity contribution >= 4 is 34.4 Å². The second kappa shape index (κ2) is 8.73. The molecule has 0 spiro atoms. The van der Waals surface area contributed by atoms with Gasteiger partial charge in [-0.1, -0.05) is 0 Å². The van der Waals surface area contributed by atoms with Crippen LogP contribution in [0.25, 0.3) is 11.2 Å². The van der Waals surface area contributed by atoms with Crippen molar-refractivity contribution in [1.29, 1.82) is 0 Å². The highest BCUT2D eigenvalue weighted by Crippen LogP contribution is 2.30. The summed E-state index contributed by atoms with van der Waals surface area (Å²) in [5, 5.41) is 9.56. The van der Waals surface area contributed by atoms with Gasteiger partial charge in [0.1, 0.15) is 23.8 Å². The van der Waals surface area contributed by atoms with E-state index in [9.17, 15) is 4.79 Å². The van der Waals surface area contributed by atoms with Crippen LogP contribution in [0.2, 0.25) is 0 Å². The molecule has 34 heavy (non-hydrogen) atoms. The Bertz CT molecular complexity index is 1220. The molecule has 3 aliphatic rings. The summed E-state index contributed by atoms with van der Waals surface area (Å²) in [5.41, 5.74) is 3.39. The number of imidazole rings is 1. The number of fused-ring (bicyclic) bond motifs is 4. The van der Waals surface area contributed by atoms with Gasteiger partial charge in [-0.05, 0) is 18.9 Å². The smallest absolute Gasteiger partial charge is 0.328 e. The van der Waals surface area contributed by atoms with Crippen molar-refractivity contribution in [2.45, 2.75) is 50.5 Å². The maximum Gasteiger partial charge on any atom is 0.328 e. The SMILES string of the molecule is CNc1cc2nc3c1ncn3C(=O)N[C@@H]1CC[C@H]1OCc1cc(cc(OC3CCOCC3)n1)N2. The summed E-state index contributed by atoms with van der Waals surface area (Å²) in [7, 11) is 1.82. The molecule has 11 heteroatoms. The zero-order valence-corrected chi connectivity index (χ0v) is 18.9. The van der Waals surface area contributed by atoms with Crippen LogP contribution in [0.4, 0.5) is 22.0 Å².